The number of carbonyl (C=O) groups is 3. The largest absolute Gasteiger partial charge is 0.487 e. The highest BCUT2D eigenvalue weighted by Gasteiger charge is 2.23. The molecule has 0 saturated heterocycles. The Hall–Kier alpha value is -2.94. The molecule has 0 fully saturated rings. The van der Waals surface area contributed by atoms with Crippen molar-refractivity contribution in [3.05, 3.63) is 46.4 Å². The summed E-state index contributed by atoms with van der Waals surface area (Å²) in [7, 11) is 1.26. The maximum atomic E-state index is 12.2. The van der Waals surface area contributed by atoms with Crippen molar-refractivity contribution in [2.45, 2.75) is 32.9 Å². The first-order valence-electron chi connectivity index (χ1n) is 9.03. The van der Waals surface area contributed by atoms with Gasteiger partial charge in [0.1, 0.15) is 18.4 Å². The monoisotopic (exact) mass is 420 g/mol. The average molecular weight is 420 g/mol. The number of ether oxygens (including phenoxy) is 3. The molecule has 0 spiro atoms. The summed E-state index contributed by atoms with van der Waals surface area (Å²) in [6.45, 7) is 3.63. The Morgan fingerprint density at radius 2 is 2.03 bits per heavy atom. The number of aromatic nitrogens is 1. The van der Waals surface area contributed by atoms with Gasteiger partial charge in [-0.2, -0.15) is 0 Å². The summed E-state index contributed by atoms with van der Waals surface area (Å²) in [5.74, 6) is -1.13. The van der Waals surface area contributed by atoms with E-state index in [2.05, 4.69) is 10.3 Å². The van der Waals surface area contributed by atoms with Crippen molar-refractivity contribution in [2.75, 3.05) is 13.7 Å². The van der Waals surface area contributed by atoms with Crippen molar-refractivity contribution in [1.82, 2.24) is 10.3 Å². The number of amides is 1. The SMILES string of the molecule is COC(=O)[C@@H](CC(C)C)NC(=O)COC(=O)c1cccc(OCc2cscn2)c1. The first kappa shape index (κ1) is 22.4. The Balaban J connectivity index is 1.86. The van der Waals surface area contributed by atoms with E-state index in [9.17, 15) is 14.4 Å². The molecule has 156 valence electrons. The molecule has 0 radical (unpaired) electrons. The molecule has 1 aromatic carbocycles. The summed E-state index contributed by atoms with van der Waals surface area (Å²) in [4.78, 5) is 40.2. The summed E-state index contributed by atoms with van der Waals surface area (Å²) >= 11 is 1.47. The van der Waals surface area contributed by atoms with Crippen LogP contribution in [0, 0.1) is 5.92 Å². The van der Waals surface area contributed by atoms with Crippen molar-refractivity contribution in [1.29, 1.82) is 0 Å². The lowest BCUT2D eigenvalue weighted by atomic mass is 10.0. The van der Waals surface area contributed by atoms with Crippen LogP contribution in [0.4, 0.5) is 0 Å². The smallest absolute Gasteiger partial charge is 0.338 e. The van der Waals surface area contributed by atoms with Gasteiger partial charge in [-0.05, 0) is 30.5 Å². The second-order valence-corrected chi connectivity index (χ2v) is 7.36. The van der Waals surface area contributed by atoms with E-state index in [1.54, 1.807) is 23.7 Å². The molecular weight excluding hydrogens is 396 g/mol. The van der Waals surface area contributed by atoms with Crippen LogP contribution < -0.4 is 10.1 Å². The molecule has 9 heteroatoms. The summed E-state index contributed by atoms with van der Waals surface area (Å²) in [6.07, 6.45) is 0.421. The van der Waals surface area contributed by atoms with Gasteiger partial charge in [0.05, 0.1) is 23.9 Å². The molecule has 0 saturated carbocycles. The first-order chi connectivity index (χ1) is 13.9. The van der Waals surface area contributed by atoms with Crippen molar-refractivity contribution < 1.29 is 28.6 Å². The third kappa shape index (κ3) is 7.53. The summed E-state index contributed by atoms with van der Waals surface area (Å²) in [6, 6.07) is 5.67. The van der Waals surface area contributed by atoms with Crippen LogP contribution in [0.5, 0.6) is 5.75 Å². The number of hydrogen-bond donors (Lipinski definition) is 1. The quantitative estimate of drug-likeness (QED) is 0.589. The summed E-state index contributed by atoms with van der Waals surface area (Å²) < 4.78 is 15.3. The maximum Gasteiger partial charge on any atom is 0.338 e. The van der Waals surface area contributed by atoms with Crippen LogP contribution in [0.25, 0.3) is 0 Å². The molecule has 0 aliphatic heterocycles. The molecule has 2 aromatic rings. The predicted octanol–water partition coefficient (Wildman–Crippen LogP) is 2.58. The Morgan fingerprint density at radius 1 is 1.24 bits per heavy atom. The zero-order valence-corrected chi connectivity index (χ0v) is 17.4. The number of hydrogen-bond acceptors (Lipinski definition) is 8. The third-order valence-corrected chi connectivity index (χ3v) is 4.44. The van der Waals surface area contributed by atoms with Gasteiger partial charge in [-0.25, -0.2) is 14.6 Å². The minimum absolute atomic E-state index is 0.175. The number of thiazole rings is 1. The zero-order valence-electron chi connectivity index (χ0n) is 16.5. The van der Waals surface area contributed by atoms with Gasteiger partial charge in [-0.3, -0.25) is 4.79 Å². The first-order valence-corrected chi connectivity index (χ1v) is 9.97. The minimum atomic E-state index is -0.784. The number of benzene rings is 1. The van der Waals surface area contributed by atoms with E-state index < -0.39 is 30.5 Å². The fraction of sp³-hybridized carbons (Fsp3) is 0.400. The Morgan fingerprint density at radius 3 is 2.69 bits per heavy atom. The lowest BCUT2D eigenvalue weighted by molar-refractivity contribution is -0.145. The van der Waals surface area contributed by atoms with Gasteiger partial charge in [-0.15, -0.1) is 11.3 Å². The predicted molar refractivity (Wildman–Crippen MR) is 107 cm³/mol. The van der Waals surface area contributed by atoms with Gasteiger partial charge in [0.15, 0.2) is 6.61 Å². The van der Waals surface area contributed by atoms with E-state index in [0.29, 0.717) is 12.2 Å². The van der Waals surface area contributed by atoms with Gasteiger partial charge in [0, 0.05) is 5.38 Å². The number of esters is 2. The molecular formula is C20H24N2O6S. The Labute approximate surface area is 173 Å². The highest BCUT2D eigenvalue weighted by Crippen LogP contribution is 2.16. The van der Waals surface area contributed by atoms with Crippen LogP contribution >= 0.6 is 11.3 Å². The van der Waals surface area contributed by atoms with Gasteiger partial charge < -0.3 is 19.5 Å². The van der Waals surface area contributed by atoms with Gasteiger partial charge in [0.25, 0.3) is 5.91 Å². The van der Waals surface area contributed by atoms with Gasteiger partial charge >= 0.3 is 11.9 Å². The number of nitrogens with zero attached hydrogens (tertiary/aromatic N) is 1. The third-order valence-electron chi connectivity index (χ3n) is 3.80. The van der Waals surface area contributed by atoms with E-state index in [-0.39, 0.29) is 18.1 Å². The summed E-state index contributed by atoms with van der Waals surface area (Å²) in [5.41, 5.74) is 2.75. The lowest BCUT2D eigenvalue weighted by Crippen LogP contribution is -2.44. The van der Waals surface area contributed by atoms with E-state index in [0.717, 1.165) is 5.69 Å². The molecule has 0 aliphatic rings. The molecule has 0 bridgehead atoms. The Bertz CT molecular complexity index is 822. The van der Waals surface area contributed by atoms with E-state index in [1.165, 1.54) is 24.5 Å². The standard InChI is InChI=1S/C20H24N2O6S/c1-13(2)7-17(20(25)26-3)22-18(23)10-28-19(24)14-5-4-6-16(8-14)27-9-15-11-29-12-21-15/h4-6,8,11-13,17H,7,9-10H2,1-3H3,(H,22,23)/t17-/m1/s1. The fourth-order valence-corrected chi connectivity index (χ4v) is 3.00. The highest BCUT2D eigenvalue weighted by molar-refractivity contribution is 7.07. The van der Waals surface area contributed by atoms with Crippen molar-refractivity contribution in [3.8, 4) is 5.75 Å². The highest BCUT2D eigenvalue weighted by atomic mass is 32.1. The molecule has 0 aliphatic carbocycles. The second-order valence-electron chi connectivity index (χ2n) is 6.65. The molecule has 8 nitrogen and oxygen atoms in total. The van der Waals surface area contributed by atoms with E-state index in [1.807, 2.05) is 19.2 Å². The van der Waals surface area contributed by atoms with E-state index in [4.69, 9.17) is 14.2 Å². The molecule has 1 N–H and O–H groups in total. The van der Waals surface area contributed by atoms with Crippen LogP contribution in [-0.2, 0) is 25.7 Å². The van der Waals surface area contributed by atoms with Crippen LogP contribution in [-0.4, -0.2) is 42.6 Å². The van der Waals surface area contributed by atoms with Gasteiger partial charge in [0.2, 0.25) is 0 Å². The minimum Gasteiger partial charge on any atom is -0.487 e. The van der Waals surface area contributed by atoms with Crippen LogP contribution in [0.1, 0.15) is 36.3 Å². The molecule has 1 atom stereocenters. The summed E-state index contributed by atoms with van der Waals surface area (Å²) in [5, 5.41) is 4.40. The van der Waals surface area contributed by atoms with Crippen LogP contribution in [0.15, 0.2) is 35.2 Å². The van der Waals surface area contributed by atoms with Crippen molar-refractivity contribution in [2.24, 2.45) is 5.92 Å². The van der Waals surface area contributed by atoms with Crippen LogP contribution in [0.3, 0.4) is 0 Å². The fourth-order valence-electron chi connectivity index (χ4n) is 2.46. The Kier molecular flexibility index (Phi) is 8.60. The zero-order chi connectivity index (χ0) is 21.2. The molecule has 29 heavy (non-hydrogen) atoms. The maximum absolute atomic E-state index is 12.2. The van der Waals surface area contributed by atoms with Crippen molar-refractivity contribution in [3.63, 3.8) is 0 Å². The molecule has 1 heterocycles. The topological polar surface area (TPSA) is 104 Å². The normalized spacial score (nSPS) is 11.6. The molecule has 1 aromatic heterocycles. The number of rotatable bonds is 10. The average Bonchev–Trinajstić information content (AvgIpc) is 3.23. The second kappa shape index (κ2) is 11.2. The molecule has 0 unspecified atom stereocenters. The number of methoxy groups -OCH3 is 1. The number of nitrogens with one attached hydrogen (secondary N) is 1. The lowest BCUT2D eigenvalue weighted by Gasteiger charge is -2.18. The molecule has 2 rings (SSSR count). The number of carbonyl (C=O) groups excluding carboxylic acids is 3. The van der Waals surface area contributed by atoms with Crippen molar-refractivity contribution >= 4 is 29.2 Å². The van der Waals surface area contributed by atoms with E-state index >= 15 is 0 Å². The van der Waals surface area contributed by atoms with Gasteiger partial charge in [-0.1, -0.05) is 19.9 Å². The molecule has 1 amide bonds. The van der Waals surface area contributed by atoms with Crippen LogP contribution in [0.2, 0.25) is 0 Å².